The zero-order valence-electron chi connectivity index (χ0n) is 23.8. The highest BCUT2D eigenvalue weighted by Gasteiger charge is 2.46. The Morgan fingerprint density at radius 1 is 1.07 bits per heavy atom. The Kier molecular flexibility index (Phi) is 12.1. The van der Waals surface area contributed by atoms with E-state index in [9.17, 15) is 24.0 Å². The van der Waals surface area contributed by atoms with Crippen molar-refractivity contribution in [3.05, 3.63) is 77.4 Å². The van der Waals surface area contributed by atoms with E-state index in [-0.39, 0.29) is 44.2 Å². The molecule has 1 fully saturated rings. The molecule has 3 unspecified atom stereocenters. The number of Topliss-reactive ketones (excluding diaryl/α,β-unsaturated/α-hetero) is 1. The van der Waals surface area contributed by atoms with Gasteiger partial charge in [0, 0.05) is 32.6 Å². The van der Waals surface area contributed by atoms with Crippen molar-refractivity contribution in [2.24, 2.45) is 0 Å². The Morgan fingerprint density at radius 2 is 1.81 bits per heavy atom. The van der Waals surface area contributed by atoms with Crippen LogP contribution in [0, 0.1) is 6.92 Å². The van der Waals surface area contributed by atoms with Crippen molar-refractivity contribution in [1.82, 2.24) is 4.90 Å². The number of amides is 2. The van der Waals surface area contributed by atoms with Crippen LogP contribution in [0.4, 0.5) is 4.79 Å². The molecule has 1 N–H and O–H groups in total. The van der Waals surface area contributed by atoms with Gasteiger partial charge in [0.25, 0.3) is 5.91 Å². The number of nitrogens with zero attached hydrogens (tertiary/aromatic N) is 1. The Bertz CT molecular complexity index is 1310. The number of methoxy groups -OCH3 is 1. The van der Waals surface area contributed by atoms with Gasteiger partial charge < -0.3 is 24.1 Å². The van der Waals surface area contributed by atoms with Gasteiger partial charge in [-0.2, -0.15) is 0 Å². The summed E-state index contributed by atoms with van der Waals surface area (Å²) in [6.07, 6.45) is -3.04. The number of aliphatic hydroxyl groups excluding tert-OH is 1. The molecule has 0 saturated carbocycles. The molecule has 11 heteroatoms. The Morgan fingerprint density at radius 3 is 2.45 bits per heavy atom. The highest BCUT2D eigenvalue weighted by atomic mass is 16.6. The number of imide groups is 1. The summed E-state index contributed by atoms with van der Waals surface area (Å²) in [5.74, 6) is -3.07. The molecule has 1 aliphatic heterocycles. The highest BCUT2D eigenvalue weighted by Crippen LogP contribution is 2.30. The Balaban J connectivity index is 1.95. The number of benzene rings is 2. The van der Waals surface area contributed by atoms with Crippen molar-refractivity contribution in [1.29, 1.82) is 0 Å². The molecule has 0 spiro atoms. The number of ether oxygens (including phenoxy) is 4. The van der Waals surface area contributed by atoms with E-state index < -0.39 is 42.0 Å². The molecule has 2 aromatic rings. The predicted octanol–water partition coefficient (Wildman–Crippen LogP) is 2.97. The molecule has 11 nitrogen and oxygen atoms in total. The number of hydrogen-bond donors (Lipinski definition) is 1. The van der Waals surface area contributed by atoms with Gasteiger partial charge in [-0.25, -0.2) is 9.69 Å². The van der Waals surface area contributed by atoms with Crippen LogP contribution >= 0.6 is 0 Å². The smallest absolute Gasteiger partial charge is 0.417 e. The quantitative estimate of drug-likeness (QED) is 0.189. The molecule has 1 saturated heterocycles. The lowest BCUT2D eigenvalue weighted by Gasteiger charge is -2.28. The molecule has 0 aliphatic carbocycles. The number of allylic oxidation sites excluding steroid dienone is 1. The van der Waals surface area contributed by atoms with E-state index in [4.69, 9.17) is 24.1 Å². The summed E-state index contributed by atoms with van der Waals surface area (Å²) in [7, 11) is 1.15. The number of carbonyl (C=O) groups is 5. The van der Waals surface area contributed by atoms with Gasteiger partial charge in [0.2, 0.25) is 0 Å². The van der Waals surface area contributed by atoms with Gasteiger partial charge in [-0.1, -0.05) is 60.2 Å². The van der Waals surface area contributed by atoms with E-state index in [1.54, 1.807) is 48.5 Å². The van der Waals surface area contributed by atoms with E-state index in [1.165, 1.54) is 0 Å². The number of ketones is 2. The molecule has 224 valence electrons. The second-order valence-corrected chi connectivity index (χ2v) is 9.59. The summed E-state index contributed by atoms with van der Waals surface area (Å²) in [5, 5.41) is 8.87. The number of hydrogen-bond acceptors (Lipinski definition) is 10. The average molecular weight is 582 g/mol. The maximum Gasteiger partial charge on any atom is 0.417 e. The minimum absolute atomic E-state index is 0.0295. The molecule has 1 aliphatic rings. The minimum atomic E-state index is -1.80. The SMILES string of the molecule is COC(C(=O)N1C(=O)OCC1c1ccccc1)C(OC(C)=O)C(=O)C=C(C(=O)CCCOCCO)c1cccc(C)c1. The second kappa shape index (κ2) is 15.7. The highest BCUT2D eigenvalue weighted by molar-refractivity contribution is 6.25. The maximum absolute atomic E-state index is 13.7. The van der Waals surface area contributed by atoms with Gasteiger partial charge in [0.15, 0.2) is 23.8 Å². The number of cyclic esters (lactones) is 1. The molecule has 0 radical (unpaired) electrons. The van der Waals surface area contributed by atoms with Crippen LogP contribution < -0.4 is 0 Å². The first-order valence-corrected chi connectivity index (χ1v) is 13.5. The Labute approximate surface area is 244 Å². The van der Waals surface area contributed by atoms with E-state index >= 15 is 0 Å². The van der Waals surface area contributed by atoms with Crippen molar-refractivity contribution in [2.75, 3.05) is 33.5 Å². The zero-order chi connectivity index (χ0) is 30.6. The van der Waals surface area contributed by atoms with Crippen LogP contribution in [0.15, 0.2) is 60.7 Å². The van der Waals surface area contributed by atoms with Gasteiger partial charge in [-0.15, -0.1) is 0 Å². The van der Waals surface area contributed by atoms with E-state index in [0.717, 1.165) is 30.6 Å². The summed E-state index contributed by atoms with van der Waals surface area (Å²) in [6.45, 7) is 3.01. The van der Waals surface area contributed by atoms with Crippen LogP contribution in [0.3, 0.4) is 0 Å². The lowest BCUT2D eigenvalue weighted by atomic mass is 9.94. The first kappa shape index (κ1) is 32.3. The average Bonchev–Trinajstić information content (AvgIpc) is 3.36. The topological polar surface area (TPSA) is 146 Å². The third-order valence-electron chi connectivity index (χ3n) is 6.48. The summed E-state index contributed by atoms with van der Waals surface area (Å²) >= 11 is 0. The number of carbonyl (C=O) groups excluding carboxylic acids is 5. The fourth-order valence-electron chi connectivity index (χ4n) is 4.52. The molecular formula is C31H35NO10. The molecule has 1 heterocycles. The first-order valence-electron chi connectivity index (χ1n) is 13.5. The van der Waals surface area contributed by atoms with Crippen LogP contribution in [0.25, 0.3) is 5.57 Å². The minimum Gasteiger partial charge on any atom is -0.451 e. The normalized spacial score (nSPS) is 16.5. The van der Waals surface area contributed by atoms with Crippen LogP contribution in [-0.4, -0.2) is 85.3 Å². The van der Waals surface area contributed by atoms with E-state index in [0.29, 0.717) is 17.5 Å². The Hall–Kier alpha value is -4.19. The lowest BCUT2D eigenvalue weighted by molar-refractivity contribution is -0.166. The molecule has 2 amide bonds. The summed E-state index contributed by atoms with van der Waals surface area (Å²) in [5.41, 5.74) is 1.97. The van der Waals surface area contributed by atoms with Crippen LogP contribution in [-0.2, 0) is 38.1 Å². The maximum atomic E-state index is 13.7. The summed E-state index contributed by atoms with van der Waals surface area (Å²) in [6, 6.07) is 14.9. The van der Waals surface area contributed by atoms with Crippen LogP contribution in [0.1, 0.15) is 42.5 Å². The largest absolute Gasteiger partial charge is 0.451 e. The van der Waals surface area contributed by atoms with E-state index in [2.05, 4.69) is 0 Å². The van der Waals surface area contributed by atoms with Gasteiger partial charge in [-0.05, 0) is 30.5 Å². The van der Waals surface area contributed by atoms with Crippen molar-refractivity contribution < 1.29 is 48.0 Å². The molecule has 42 heavy (non-hydrogen) atoms. The van der Waals surface area contributed by atoms with Gasteiger partial charge in [0.1, 0.15) is 12.6 Å². The number of esters is 1. The van der Waals surface area contributed by atoms with E-state index in [1.807, 2.05) is 13.0 Å². The zero-order valence-corrected chi connectivity index (χ0v) is 23.8. The lowest BCUT2D eigenvalue weighted by Crippen LogP contribution is -2.51. The predicted molar refractivity (Wildman–Crippen MR) is 150 cm³/mol. The first-order chi connectivity index (χ1) is 20.2. The molecule has 3 rings (SSSR count). The molecule has 0 bridgehead atoms. The fraction of sp³-hybridized carbons (Fsp3) is 0.387. The number of aryl methyl sites for hydroxylation is 1. The second-order valence-electron chi connectivity index (χ2n) is 9.59. The fourth-order valence-corrected chi connectivity index (χ4v) is 4.52. The molecular weight excluding hydrogens is 546 g/mol. The third-order valence-corrected chi connectivity index (χ3v) is 6.48. The molecule has 2 aromatic carbocycles. The van der Waals surface area contributed by atoms with Crippen molar-refractivity contribution in [3.63, 3.8) is 0 Å². The van der Waals surface area contributed by atoms with Gasteiger partial charge >= 0.3 is 12.1 Å². The summed E-state index contributed by atoms with van der Waals surface area (Å²) < 4.78 is 21.0. The van der Waals surface area contributed by atoms with Crippen molar-refractivity contribution in [3.8, 4) is 0 Å². The molecule has 0 aromatic heterocycles. The third kappa shape index (κ3) is 8.41. The standard InChI is InChI=1S/C31H35NO10/c1-20-9-7-12-23(17-20)24(26(35)13-8-15-40-16-14-33)18-27(36)28(42-21(2)34)29(39-3)30(37)32-25(19-41-31(32)38)22-10-5-4-6-11-22/h4-7,9-12,17-18,25,28-29,33H,8,13-16,19H2,1-3H3. The number of rotatable bonds is 15. The van der Waals surface area contributed by atoms with Crippen molar-refractivity contribution in [2.45, 2.75) is 44.9 Å². The van der Waals surface area contributed by atoms with Crippen molar-refractivity contribution >= 4 is 35.1 Å². The summed E-state index contributed by atoms with van der Waals surface area (Å²) in [4.78, 5) is 66.2. The number of aliphatic hydroxyl groups is 1. The monoisotopic (exact) mass is 581 g/mol. The van der Waals surface area contributed by atoms with Gasteiger partial charge in [0.05, 0.1) is 13.2 Å². The van der Waals surface area contributed by atoms with Crippen LogP contribution in [0.2, 0.25) is 0 Å². The van der Waals surface area contributed by atoms with Crippen LogP contribution in [0.5, 0.6) is 0 Å². The molecule has 3 atom stereocenters. The van der Waals surface area contributed by atoms with Gasteiger partial charge in [-0.3, -0.25) is 19.2 Å².